The SMILES string of the molecule is COc1ccc(C=Cc2ncnc(CC(Cl)(Cl)Cl)n2)cc1OC. The molecule has 0 fully saturated rings. The fourth-order valence-corrected chi connectivity index (χ4v) is 2.18. The first-order valence-electron chi connectivity index (χ1n) is 6.56. The summed E-state index contributed by atoms with van der Waals surface area (Å²) in [6.45, 7) is 0. The number of halogens is 3. The topological polar surface area (TPSA) is 57.1 Å². The van der Waals surface area contributed by atoms with Crippen LogP contribution in [0.3, 0.4) is 0 Å². The van der Waals surface area contributed by atoms with Gasteiger partial charge in [0.05, 0.1) is 20.6 Å². The van der Waals surface area contributed by atoms with Gasteiger partial charge in [0.2, 0.25) is 0 Å². The van der Waals surface area contributed by atoms with Crippen LogP contribution in [-0.2, 0) is 6.42 Å². The first-order valence-corrected chi connectivity index (χ1v) is 7.69. The Kier molecular flexibility index (Phi) is 6.04. The molecule has 0 aliphatic heterocycles. The zero-order valence-corrected chi connectivity index (χ0v) is 14.7. The molecule has 5 nitrogen and oxygen atoms in total. The smallest absolute Gasteiger partial charge is 0.197 e. The average Bonchev–Trinajstić information content (AvgIpc) is 2.51. The van der Waals surface area contributed by atoms with Gasteiger partial charge in [-0.3, -0.25) is 0 Å². The Labute approximate surface area is 149 Å². The van der Waals surface area contributed by atoms with Gasteiger partial charge in [0, 0.05) is 0 Å². The van der Waals surface area contributed by atoms with Crippen LogP contribution >= 0.6 is 34.8 Å². The van der Waals surface area contributed by atoms with Crippen molar-refractivity contribution in [2.24, 2.45) is 0 Å². The molecule has 0 aliphatic carbocycles. The van der Waals surface area contributed by atoms with Crippen LogP contribution in [0.15, 0.2) is 24.5 Å². The Hall–Kier alpha value is -1.56. The number of alkyl halides is 3. The molecule has 8 heteroatoms. The van der Waals surface area contributed by atoms with E-state index in [0.717, 1.165) is 5.56 Å². The molecule has 1 aromatic carbocycles. The summed E-state index contributed by atoms with van der Waals surface area (Å²) < 4.78 is 9.02. The lowest BCUT2D eigenvalue weighted by molar-refractivity contribution is 0.355. The second kappa shape index (κ2) is 7.81. The normalized spacial score (nSPS) is 11.7. The van der Waals surface area contributed by atoms with E-state index in [1.54, 1.807) is 20.3 Å². The Morgan fingerprint density at radius 1 is 1.04 bits per heavy atom. The van der Waals surface area contributed by atoms with E-state index in [-0.39, 0.29) is 6.42 Å². The van der Waals surface area contributed by atoms with Gasteiger partial charge in [-0.05, 0) is 23.8 Å². The molecule has 0 unspecified atom stereocenters. The van der Waals surface area contributed by atoms with Crippen LogP contribution in [0.2, 0.25) is 0 Å². The summed E-state index contributed by atoms with van der Waals surface area (Å²) >= 11 is 17.2. The molecule has 2 rings (SSSR count). The lowest BCUT2D eigenvalue weighted by Gasteiger charge is -2.08. The first-order chi connectivity index (χ1) is 10.9. The summed E-state index contributed by atoms with van der Waals surface area (Å²) in [4.78, 5) is 12.3. The van der Waals surface area contributed by atoms with Gasteiger partial charge in [-0.15, -0.1) is 0 Å². The van der Waals surface area contributed by atoms with Crippen LogP contribution in [0.5, 0.6) is 11.5 Å². The number of nitrogens with zero attached hydrogens (tertiary/aromatic N) is 3. The van der Waals surface area contributed by atoms with Gasteiger partial charge >= 0.3 is 0 Å². The van der Waals surface area contributed by atoms with Crippen molar-refractivity contribution in [3.63, 3.8) is 0 Å². The standard InChI is InChI=1S/C15H14Cl3N3O2/c1-22-11-5-3-10(7-12(11)23-2)4-6-13-19-9-20-14(21-13)8-15(16,17)18/h3-7,9H,8H2,1-2H3. The molecule has 0 bridgehead atoms. The molecular weight excluding hydrogens is 361 g/mol. The largest absolute Gasteiger partial charge is 0.493 e. The number of hydrogen-bond donors (Lipinski definition) is 0. The maximum Gasteiger partial charge on any atom is 0.197 e. The van der Waals surface area contributed by atoms with E-state index in [1.165, 1.54) is 6.33 Å². The van der Waals surface area contributed by atoms with Crippen LogP contribution in [0, 0.1) is 0 Å². The monoisotopic (exact) mass is 373 g/mol. The molecule has 0 spiro atoms. The van der Waals surface area contributed by atoms with E-state index in [2.05, 4.69) is 15.0 Å². The van der Waals surface area contributed by atoms with Crippen molar-refractivity contribution < 1.29 is 9.47 Å². The van der Waals surface area contributed by atoms with Gasteiger partial charge in [-0.25, -0.2) is 15.0 Å². The molecule has 0 aliphatic rings. The predicted molar refractivity (Wildman–Crippen MR) is 92.3 cm³/mol. The number of aromatic nitrogens is 3. The lowest BCUT2D eigenvalue weighted by Crippen LogP contribution is -2.11. The molecule has 1 heterocycles. The molecule has 0 saturated heterocycles. The molecule has 0 saturated carbocycles. The number of hydrogen-bond acceptors (Lipinski definition) is 5. The van der Waals surface area contributed by atoms with Crippen LogP contribution in [0.1, 0.15) is 17.2 Å². The summed E-state index contributed by atoms with van der Waals surface area (Å²) in [6, 6.07) is 5.56. The van der Waals surface area contributed by atoms with Gasteiger partial charge in [-0.1, -0.05) is 46.9 Å². The van der Waals surface area contributed by atoms with Crippen molar-refractivity contribution in [3.8, 4) is 11.5 Å². The maximum absolute atomic E-state index is 5.74. The highest BCUT2D eigenvalue weighted by Gasteiger charge is 2.22. The highest BCUT2D eigenvalue weighted by atomic mass is 35.6. The molecular formula is C15H14Cl3N3O2. The van der Waals surface area contributed by atoms with Gasteiger partial charge in [0.1, 0.15) is 12.2 Å². The zero-order valence-electron chi connectivity index (χ0n) is 12.5. The Morgan fingerprint density at radius 2 is 1.78 bits per heavy atom. The van der Waals surface area contributed by atoms with Crippen LogP contribution in [-0.4, -0.2) is 33.0 Å². The zero-order chi connectivity index (χ0) is 16.9. The molecule has 0 radical (unpaired) electrons. The maximum atomic E-state index is 5.74. The number of ether oxygens (including phenoxy) is 2. The minimum atomic E-state index is -1.44. The molecule has 23 heavy (non-hydrogen) atoms. The van der Waals surface area contributed by atoms with Crippen molar-refractivity contribution >= 4 is 47.0 Å². The van der Waals surface area contributed by atoms with E-state index in [4.69, 9.17) is 44.3 Å². The van der Waals surface area contributed by atoms with Crippen LogP contribution in [0.25, 0.3) is 12.2 Å². The minimum Gasteiger partial charge on any atom is -0.493 e. The molecule has 0 amide bonds. The summed E-state index contributed by atoms with van der Waals surface area (Å²) in [5.74, 6) is 2.18. The average molecular weight is 375 g/mol. The van der Waals surface area contributed by atoms with Crippen LogP contribution in [0.4, 0.5) is 0 Å². The quantitative estimate of drug-likeness (QED) is 0.741. The van der Waals surface area contributed by atoms with Crippen molar-refractivity contribution in [2.45, 2.75) is 10.2 Å². The first kappa shape index (κ1) is 17.8. The Balaban J connectivity index is 2.18. The third-order valence-electron chi connectivity index (χ3n) is 2.83. The summed E-state index contributed by atoms with van der Waals surface area (Å²) in [5, 5.41) is 0. The van der Waals surface area contributed by atoms with Crippen molar-refractivity contribution in [3.05, 3.63) is 41.7 Å². The second-order valence-electron chi connectivity index (χ2n) is 4.50. The Bertz CT molecular complexity index is 703. The fraction of sp³-hybridized carbons (Fsp3) is 0.267. The second-order valence-corrected chi connectivity index (χ2v) is 7.02. The van der Waals surface area contributed by atoms with Gasteiger partial charge in [0.25, 0.3) is 0 Å². The fourth-order valence-electron chi connectivity index (χ4n) is 1.82. The molecule has 1 aromatic heterocycles. The highest BCUT2D eigenvalue weighted by molar-refractivity contribution is 6.67. The minimum absolute atomic E-state index is 0.109. The lowest BCUT2D eigenvalue weighted by atomic mass is 10.2. The van der Waals surface area contributed by atoms with Gasteiger partial charge in [0.15, 0.2) is 21.1 Å². The summed E-state index contributed by atoms with van der Waals surface area (Å²) in [6.07, 6.45) is 5.08. The predicted octanol–water partition coefficient (Wildman–Crippen LogP) is 3.97. The molecule has 0 N–H and O–H groups in total. The highest BCUT2D eigenvalue weighted by Crippen LogP contribution is 2.29. The number of rotatable bonds is 5. The van der Waals surface area contributed by atoms with Gasteiger partial charge in [-0.2, -0.15) is 0 Å². The van der Waals surface area contributed by atoms with E-state index in [0.29, 0.717) is 23.1 Å². The van der Waals surface area contributed by atoms with Crippen molar-refractivity contribution in [2.75, 3.05) is 14.2 Å². The Morgan fingerprint density at radius 3 is 2.43 bits per heavy atom. The van der Waals surface area contributed by atoms with Crippen LogP contribution < -0.4 is 9.47 Å². The summed E-state index contributed by atoms with van der Waals surface area (Å²) in [5.41, 5.74) is 0.908. The van der Waals surface area contributed by atoms with E-state index in [9.17, 15) is 0 Å². The van der Waals surface area contributed by atoms with Gasteiger partial charge < -0.3 is 9.47 Å². The molecule has 122 valence electrons. The molecule has 0 atom stereocenters. The van der Waals surface area contributed by atoms with E-state index >= 15 is 0 Å². The summed E-state index contributed by atoms with van der Waals surface area (Å²) in [7, 11) is 3.17. The third-order valence-corrected chi connectivity index (χ3v) is 3.23. The molecule has 2 aromatic rings. The van der Waals surface area contributed by atoms with Crippen molar-refractivity contribution in [1.82, 2.24) is 15.0 Å². The van der Waals surface area contributed by atoms with E-state index < -0.39 is 3.79 Å². The third kappa shape index (κ3) is 5.53. The van der Waals surface area contributed by atoms with Crippen molar-refractivity contribution in [1.29, 1.82) is 0 Å². The number of methoxy groups -OCH3 is 2. The number of benzene rings is 1. The van der Waals surface area contributed by atoms with E-state index in [1.807, 2.05) is 24.3 Å².